The van der Waals surface area contributed by atoms with Crippen LogP contribution in [0.4, 0.5) is 0 Å². The van der Waals surface area contributed by atoms with Gasteiger partial charge < -0.3 is 0 Å². The molecule has 0 amide bonds. The SMILES string of the molecule is CC1CC(C)CN(Cl)C1. The van der Waals surface area contributed by atoms with Gasteiger partial charge in [0.15, 0.2) is 0 Å². The highest BCUT2D eigenvalue weighted by Gasteiger charge is 2.19. The molecule has 0 radical (unpaired) electrons. The molecule has 0 saturated carbocycles. The number of halogens is 1. The van der Waals surface area contributed by atoms with Crippen LogP contribution in [-0.2, 0) is 0 Å². The third-order valence-electron chi connectivity index (χ3n) is 1.82. The molecule has 1 nitrogen and oxygen atoms in total. The number of nitrogens with zero attached hydrogens (tertiary/aromatic N) is 1. The molecule has 2 heteroatoms. The molecule has 1 heterocycles. The predicted octanol–water partition coefficient (Wildman–Crippen LogP) is 2.12. The van der Waals surface area contributed by atoms with Crippen molar-refractivity contribution in [3.8, 4) is 0 Å². The Morgan fingerprint density at radius 3 is 2.00 bits per heavy atom. The van der Waals surface area contributed by atoms with E-state index in [9.17, 15) is 0 Å². The van der Waals surface area contributed by atoms with Gasteiger partial charge in [0.05, 0.1) is 0 Å². The molecule has 0 bridgehead atoms. The summed E-state index contributed by atoms with van der Waals surface area (Å²) in [5, 5.41) is 0. The summed E-state index contributed by atoms with van der Waals surface area (Å²) in [5.74, 6) is 1.57. The molecule has 1 rings (SSSR count). The van der Waals surface area contributed by atoms with Crippen molar-refractivity contribution in [3.63, 3.8) is 0 Å². The molecule has 1 fully saturated rings. The van der Waals surface area contributed by atoms with Crippen LogP contribution < -0.4 is 0 Å². The van der Waals surface area contributed by atoms with Crippen molar-refractivity contribution in [2.45, 2.75) is 20.3 Å². The Labute approximate surface area is 62.1 Å². The van der Waals surface area contributed by atoms with Crippen LogP contribution >= 0.6 is 11.8 Å². The molecular formula is C7H14ClN. The summed E-state index contributed by atoms with van der Waals surface area (Å²) in [4.78, 5) is 0. The van der Waals surface area contributed by atoms with E-state index in [1.165, 1.54) is 6.42 Å². The highest BCUT2D eigenvalue weighted by molar-refractivity contribution is 6.13. The predicted molar refractivity (Wildman–Crippen MR) is 40.4 cm³/mol. The molecule has 0 spiro atoms. The quantitative estimate of drug-likeness (QED) is 0.475. The van der Waals surface area contributed by atoms with Gasteiger partial charge in [-0.3, -0.25) is 0 Å². The highest BCUT2D eigenvalue weighted by atomic mass is 35.5. The first-order valence-corrected chi connectivity index (χ1v) is 3.93. The lowest BCUT2D eigenvalue weighted by Crippen LogP contribution is -2.31. The second-order valence-corrected chi connectivity index (χ2v) is 3.75. The Bertz CT molecular complexity index is 69.9. The molecule has 0 aromatic carbocycles. The monoisotopic (exact) mass is 147 g/mol. The van der Waals surface area contributed by atoms with Gasteiger partial charge in [-0.05, 0) is 30.0 Å². The molecule has 0 aromatic heterocycles. The zero-order valence-corrected chi connectivity index (χ0v) is 6.86. The molecule has 0 aliphatic carbocycles. The summed E-state index contributed by atoms with van der Waals surface area (Å²) < 4.78 is 1.90. The fraction of sp³-hybridized carbons (Fsp3) is 1.00. The normalized spacial score (nSPS) is 39.0. The van der Waals surface area contributed by atoms with Crippen molar-refractivity contribution in [3.05, 3.63) is 0 Å². The topological polar surface area (TPSA) is 3.24 Å². The lowest BCUT2D eigenvalue weighted by molar-refractivity contribution is 0.230. The Kier molecular flexibility index (Phi) is 2.36. The van der Waals surface area contributed by atoms with Crippen LogP contribution in [0.2, 0.25) is 0 Å². The van der Waals surface area contributed by atoms with E-state index >= 15 is 0 Å². The van der Waals surface area contributed by atoms with Crippen molar-refractivity contribution in [1.29, 1.82) is 0 Å². The minimum atomic E-state index is 0.784. The van der Waals surface area contributed by atoms with E-state index in [1.807, 2.05) is 4.42 Å². The van der Waals surface area contributed by atoms with Crippen molar-refractivity contribution < 1.29 is 0 Å². The lowest BCUT2D eigenvalue weighted by Gasteiger charge is -2.29. The third kappa shape index (κ3) is 2.15. The number of rotatable bonds is 0. The van der Waals surface area contributed by atoms with Crippen molar-refractivity contribution in [2.24, 2.45) is 11.8 Å². The zero-order chi connectivity index (χ0) is 6.85. The molecular weight excluding hydrogens is 134 g/mol. The van der Waals surface area contributed by atoms with E-state index in [2.05, 4.69) is 13.8 Å². The minimum absolute atomic E-state index is 0.784. The van der Waals surface area contributed by atoms with Gasteiger partial charge in [-0.2, -0.15) is 0 Å². The van der Waals surface area contributed by atoms with Crippen LogP contribution in [-0.4, -0.2) is 17.5 Å². The highest BCUT2D eigenvalue weighted by Crippen LogP contribution is 2.21. The van der Waals surface area contributed by atoms with E-state index in [4.69, 9.17) is 11.8 Å². The van der Waals surface area contributed by atoms with Gasteiger partial charge in [0, 0.05) is 13.1 Å². The zero-order valence-electron chi connectivity index (χ0n) is 6.10. The van der Waals surface area contributed by atoms with Gasteiger partial charge in [-0.1, -0.05) is 13.8 Å². The van der Waals surface area contributed by atoms with Crippen LogP contribution in [0.3, 0.4) is 0 Å². The second-order valence-electron chi connectivity index (χ2n) is 3.27. The Morgan fingerprint density at radius 2 is 1.67 bits per heavy atom. The summed E-state index contributed by atoms with van der Waals surface area (Å²) in [6.45, 7) is 6.63. The van der Waals surface area contributed by atoms with E-state index in [-0.39, 0.29) is 0 Å². The first-order valence-electron chi connectivity index (χ1n) is 3.59. The number of piperidine rings is 1. The number of hydrogen-bond acceptors (Lipinski definition) is 1. The molecule has 0 aromatic rings. The van der Waals surface area contributed by atoms with Crippen LogP contribution in [0, 0.1) is 11.8 Å². The van der Waals surface area contributed by atoms with Gasteiger partial charge in [0.1, 0.15) is 0 Å². The molecule has 1 aliphatic heterocycles. The van der Waals surface area contributed by atoms with Crippen LogP contribution in [0.25, 0.3) is 0 Å². The molecule has 2 atom stereocenters. The van der Waals surface area contributed by atoms with Gasteiger partial charge in [-0.25, -0.2) is 4.42 Å². The van der Waals surface area contributed by atoms with Crippen LogP contribution in [0.5, 0.6) is 0 Å². The second kappa shape index (κ2) is 2.89. The summed E-state index contributed by atoms with van der Waals surface area (Å²) in [5.41, 5.74) is 0. The van der Waals surface area contributed by atoms with E-state index in [0.717, 1.165) is 24.9 Å². The molecule has 9 heavy (non-hydrogen) atoms. The molecule has 0 N–H and O–H groups in total. The Balaban J connectivity index is 2.34. The van der Waals surface area contributed by atoms with Crippen molar-refractivity contribution in [2.75, 3.05) is 13.1 Å². The Hall–Kier alpha value is 0.250. The fourth-order valence-corrected chi connectivity index (χ4v) is 2.06. The van der Waals surface area contributed by atoms with Crippen molar-refractivity contribution in [1.82, 2.24) is 4.42 Å². The fourth-order valence-electron chi connectivity index (χ4n) is 1.59. The average molecular weight is 148 g/mol. The van der Waals surface area contributed by atoms with Gasteiger partial charge in [-0.15, -0.1) is 0 Å². The van der Waals surface area contributed by atoms with E-state index in [0.29, 0.717) is 0 Å². The lowest BCUT2D eigenvalue weighted by atomic mass is 9.94. The van der Waals surface area contributed by atoms with E-state index in [1.54, 1.807) is 0 Å². The summed E-state index contributed by atoms with van der Waals surface area (Å²) in [6.07, 6.45) is 1.34. The number of hydrogen-bond donors (Lipinski definition) is 0. The van der Waals surface area contributed by atoms with Gasteiger partial charge in [0.2, 0.25) is 0 Å². The maximum absolute atomic E-state index is 5.84. The largest absolute Gasteiger partial charge is 0.220 e. The molecule has 1 saturated heterocycles. The third-order valence-corrected chi connectivity index (χ3v) is 2.10. The van der Waals surface area contributed by atoms with Crippen LogP contribution in [0.15, 0.2) is 0 Å². The maximum Gasteiger partial charge on any atom is 0.0164 e. The van der Waals surface area contributed by atoms with Crippen molar-refractivity contribution >= 4 is 11.8 Å². The van der Waals surface area contributed by atoms with E-state index < -0.39 is 0 Å². The maximum atomic E-state index is 5.84. The summed E-state index contributed by atoms with van der Waals surface area (Å²) in [7, 11) is 0. The summed E-state index contributed by atoms with van der Waals surface area (Å²) in [6, 6.07) is 0. The molecule has 1 aliphatic rings. The van der Waals surface area contributed by atoms with Gasteiger partial charge in [0.25, 0.3) is 0 Å². The minimum Gasteiger partial charge on any atom is -0.220 e. The first-order chi connectivity index (χ1) is 4.18. The first kappa shape index (κ1) is 7.36. The smallest absolute Gasteiger partial charge is 0.0164 e. The van der Waals surface area contributed by atoms with Gasteiger partial charge >= 0.3 is 0 Å². The Morgan fingerprint density at radius 1 is 1.22 bits per heavy atom. The van der Waals surface area contributed by atoms with Crippen LogP contribution in [0.1, 0.15) is 20.3 Å². The molecule has 2 unspecified atom stereocenters. The summed E-state index contributed by atoms with van der Waals surface area (Å²) >= 11 is 5.84. The molecule has 54 valence electrons. The average Bonchev–Trinajstić information content (AvgIpc) is 1.59. The standard InChI is InChI=1S/C7H14ClN/c1-6-3-7(2)5-9(8)4-6/h6-7H,3-5H2,1-2H3.